The molecule has 0 saturated heterocycles. The molecule has 1 fully saturated rings. The maximum atomic E-state index is 11.2. The van der Waals surface area contributed by atoms with Gasteiger partial charge in [0.15, 0.2) is 0 Å². The van der Waals surface area contributed by atoms with E-state index < -0.39 is 0 Å². The minimum absolute atomic E-state index is 0.188. The molecule has 0 unspecified atom stereocenters. The van der Waals surface area contributed by atoms with Crippen LogP contribution in [0.4, 0.5) is 11.4 Å². The lowest BCUT2D eigenvalue weighted by Crippen LogP contribution is -2.29. The molecular formula is C17H26N2O2. The lowest BCUT2D eigenvalue weighted by Gasteiger charge is -2.31. The highest BCUT2D eigenvalue weighted by Crippen LogP contribution is 2.43. The van der Waals surface area contributed by atoms with Crippen LogP contribution in [-0.4, -0.2) is 11.5 Å². The molecule has 1 aromatic rings. The van der Waals surface area contributed by atoms with E-state index in [9.17, 15) is 10.1 Å². The van der Waals surface area contributed by atoms with Crippen LogP contribution in [0.5, 0.6) is 0 Å². The molecule has 2 rings (SSSR count). The van der Waals surface area contributed by atoms with Crippen molar-refractivity contribution in [2.75, 3.05) is 11.9 Å². The summed E-state index contributed by atoms with van der Waals surface area (Å²) >= 11 is 0. The zero-order chi connectivity index (χ0) is 15.5. The Morgan fingerprint density at radius 2 is 2.00 bits per heavy atom. The highest BCUT2D eigenvalue weighted by molar-refractivity contribution is 5.66. The van der Waals surface area contributed by atoms with Crippen molar-refractivity contribution in [2.24, 2.45) is 11.3 Å². The number of nitro benzene ring substituents is 1. The maximum Gasteiger partial charge on any atom is 0.292 e. The van der Waals surface area contributed by atoms with Gasteiger partial charge in [-0.2, -0.15) is 0 Å². The molecule has 4 heteroatoms. The Balaban J connectivity index is 2.16. The number of aryl methyl sites for hydroxylation is 1. The van der Waals surface area contributed by atoms with E-state index in [1.54, 1.807) is 12.1 Å². The Morgan fingerprint density at radius 1 is 1.33 bits per heavy atom. The van der Waals surface area contributed by atoms with Gasteiger partial charge in [0.2, 0.25) is 0 Å². The fourth-order valence-electron chi connectivity index (χ4n) is 3.75. The van der Waals surface area contributed by atoms with Crippen LogP contribution in [-0.2, 0) is 0 Å². The smallest absolute Gasteiger partial charge is 0.292 e. The van der Waals surface area contributed by atoms with E-state index in [1.165, 1.54) is 32.1 Å². The third-order valence-corrected chi connectivity index (χ3v) is 4.59. The van der Waals surface area contributed by atoms with E-state index >= 15 is 0 Å². The molecule has 1 aromatic carbocycles. The second-order valence-electron chi connectivity index (χ2n) is 6.88. The summed E-state index contributed by atoms with van der Waals surface area (Å²) in [5.74, 6) is 0.664. The molecule has 0 atom stereocenters. The first kappa shape index (κ1) is 15.8. The fourth-order valence-corrected chi connectivity index (χ4v) is 3.75. The Labute approximate surface area is 127 Å². The van der Waals surface area contributed by atoms with Gasteiger partial charge < -0.3 is 5.32 Å². The Kier molecular flexibility index (Phi) is 4.86. The number of hydrogen-bond acceptors (Lipinski definition) is 3. The summed E-state index contributed by atoms with van der Waals surface area (Å²) in [5, 5.41) is 14.6. The first-order valence-electron chi connectivity index (χ1n) is 7.91. The van der Waals surface area contributed by atoms with Gasteiger partial charge in [-0.1, -0.05) is 38.8 Å². The molecule has 0 aliphatic heterocycles. The standard InChI is InChI=1S/C17H26N2O2/c1-13(2)11-17(9-4-5-10-17)12-18-16-14(3)7-6-8-15(16)19(20)21/h6-8,13,18H,4-5,9-12H2,1-3H3. The van der Waals surface area contributed by atoms with E-state index in [2.05, 4.69) is 19.2 Å². The average Bonchev–Trinajstić information content (AvgIpc) is 2.85. The third kappa shape index (κ3) is 3.74. The van der Waals surface area contributed by atoms with E-state index in [-0.39, 0.29) is 10.6 Å². The highest BCUT2D eigenvalue weighted by atomic mass is 16.6. The normalized spacial score (nSPS) is 17.1. The molecular weight excluding hydrogens is 264 g/mol. The topological polar surface area (TPSA) is 55.2 Å². The minimum Gasteiger partial charge on any atom is -0.379 e. The van der Waals surface area contributed by atoms with Crippen LogP contribution in [0, 0.1) is 28.4 Å². The van der Waals surface area contributed by atoms with Crippen LogP contribution < -0.4 is 5.32 Å². The van der Waals surface area contributed by atoms with Crippen molar-refractivity contribution < 1.29 is 4.92 Å². The van der Waals surface area contributed by atoms with Crippen molar-refractivity contribution in [2.45, 2.75) is 52.9 Å². The molecule has 1 saturated carbocycles. The molecule has 0 heterocycles. The van der Waals surface area contributed by atoms with Gasteiger partial charge in [0.05, 0.1) is 4.92 Å². The van der Waals surface area contributed by atoms with Gasteiger partial charge in [0.1, 0.15) is 5.69 Å². The van der Waals surface area contributed by atoms with Crippen molar-refractivity contribution >= 4 is 11.4 Å². The first-order chi connectivity index (χ1) is 9.93. The number of anilines is 1. The number of nitro groups is 1. The summed E-state index contributed by atoms with van der Waals surface area (Å²) in [7, 11) is 0. The van der Waals surface area contributed by atoms with E-state index in [0.29, 0.717) is 17.0 Å². The van der Waals surface area contributed by atoms with Gasteiger partial charge in [-0.15, -0.1) is 0 Å². The SMILES string of the molecule is Cc1cccc([N+](=O)[O-])c1NCC1(CC(C)C)CCCC1. The molecule has 1 N–H and O–H groups in total. The lowest BCUT2D eigenvalue weighted by atomic mass is 9.78. The number of para-hydroxylation sites is 1. The van der Waals surface area contributed by atoms with Crippen molar-refractivity contribution in [1.29, 1.82) is 0 Å². The number of rotatable bonds is 6. The van der Waals surface area contributed by atoms with E-state index in [1.807, 2.05) is 13.0 Å². The summed E-state index contributed by atoms with van der Waals surface area (Å²) in [4.78, 5) is 10.9. The molecule has 0 bridgehead atoms. The van der Waals surface area contributed by atoms with Crippen molar-refractivity contribution in [1.82, 2.24) is 0 Å². The molecule has 0 amide bonds. The Morgan fingerprint density at radius 3 is 2.57 bits per heavy atom. The molecule has 1 aliphatic rings. The summed E-state index contributed by atoms with van der Waals surface area (Å²) in [5.41, 5.74) is 2.14. The lowest BCUT2D eigenvalue weighted by molar-refractivity contribution is -0.384. The molecule has 116 valence electrons. The monoisotopic (exact) mass is 290 g/mol. The van der Waals surface area contributed by atoms with E-state index in [0.717, 1.165) is 12.1 Å². The molecule has 21 heavy (non-hydrogen) atoms. The quantitative estimate of drug-likeness (QED) is 0.597. The summed E-state index contributed by atoms with van der Waals surface area (Å²) in [6.45, 7) is 7.29. The fraction of sp³-hybridized carbons (Fsp3) is 0.647. The van der Waals surface area contributed by atoms with Crippen LogP contribution in [0.25, 0.3) is 0 Å². The van der Waals surface area contributed by atoms with Gasteiger partial charge >= 0.3 is 0 Å². The second-order valence-corrected chi connectivity index (χ2v) is 6.88. The molecule has 0 spiro atoms. The van der Waals surface area contributed by atoms with Crippen LogP contribution in [0.3, 0.4) is 0 Å². The van der Waals surface area contributed by atoms with Gasteiger partial charge in [0.25, 0.3) is 5.69 Å². The Hall–Kier alpha value is -1.58. The summed E-state index contributed by atoms with van der Waals surface area (Å²) < 4.78 is 0. The third-order valence-electron chi connectivity index (χ3n) is 4.59. The van der Waals surface area contributed by atoms with Crippen LogP contribution in [0.2, 0.25) is 0 Å². The highest BCUT2D eigenvalue weighted by Gasteiger charge is 2.34. The average molecular weight is 290 g/mol. The van der Waals surface area contributed by atoms with Crippen molar-refractivity contribution in [3.05, 3.63) is 33.9 Å². The van der Waals surface area contributed by atoms with E-state index in [4.69, 9.17) is 0 Å². The minimum atomic E-state index is -0.293. The van der Waals surface area contributed by atoms with Crippen LogP contribution in [0.1, 0.15) is 51.5 Å². The number of nitrogens with zero attached hydrogens (tertiary/aromatic N) is 1. The summed E-state index contributed by atoms with van der Waals surface area (Å²) in [6.07, 6.45) is 6.23. The first-order valence-corrected chi connectivity index (χ1v) is 7.91. The van der Waals surface area contributed by atoms with Crippen LogP contribution in [0.15, 0.2) is 18.2 Å². The number of hydrogen-bond donors (Lipinski definition) is 1. The van der Waals surface area contributed by atoms with Crippen molar-refractivity contribution in [3.8, 4) is 0 Å². The predicted molar refractivity (Wildman–Crippen MR) is 86.7 cm³/mol. The predicted octanol–water partition coefficient (Wildman–Crippen LogP) is 4.92. The van der Waals surface area contributed by atoms with Crippen LogP contribution >= 0.6 is 0 Å². The zero-order valence-corrected chi connectivity index (χ0v) is 13.3. The van der Waals surface area contributed by atoms with Gasteiger partial charge in [-0.05, 0) is 43.1 Å². The molecule has 0 radical (unpaired) electrons. The molecule has 4 nitrogen and oxygen atoms in total. The maximum absolute atomic E-state index is 11.2. The molecule has 0 aromatic heterocycles. The summed E-state index contributed by atoms with van der Waals surface area (Å²) in [6, 6.07) is 5.26. The largest absolute Gasteiger partial charge is 0.379 e. The van der Waals surface area contributed by atoms with Crippen molar-refractivity contribution in [3.63, 3.8) is 0 Å². The van der Waals surface area contributed by atoms with Gasteiger partial charge in [-0.25, -0.2) is 0 Å². The number of benzene rings is 1. The number of nitrogens with one attached hydrogen (secondary N) is 1. The second kappa shape index (κ2) is 6.46. The molecule has 1 aliphatic carbocycles. The zero-order valence-electron chi connectivity index (χ0n) is 13.3. The van der Waals surface area contributed by atoms with Gasteiger partial charge in [-0.3, -0.25) is 10.1 Å². The Bertz CT molecular complexity index is 506. The van der Waals surface area contributed by atoms with Gasteiger partial charge in [0, 0.05) is 12.6 Å².